The molecule has 5 rings (SSSR count). The van der Waals surface area contributed by atoms with Crippen molar-refractivity contribution in [3.63, 3.8) is 0 Å². The van der Waals surface area contributed by atoms with Gasteiger partial charge in [0.05, 0.1) is 10.5 Å². The molecule has 5 nitrogen and oxygen atoms in total. The van der Waals surface area contributed by atoms with E-state index in [1.807, 2.05) is 42.5 Å². The lowest BCUT2D eigenvalue weighted by atomic mass is 10.1. The summed E-state index contributed by atoms with van der Waals surface area (Å²) in [4.78, 5) is 12.9. The van der Waals surface area contributed by atoms with Crippen LogP contribution in [0, 0.1) is 0 Å². The first-order chi connectivity index (χ1) is 15.7. The lowest BCUT2D eigenvalue weighted by Gasteiger charge is -2.12. The quantitative estimate of drug-likeness (QED) is 0.228. The molecule has 2 aromatic heterocycles. The van der Waals surface area contributed by atoms with E-state index in [-0.39, 0.29) is 0 Å². The van der Waals surface area contributed by atoms with Crippen LogP contribution in [-0.2, 0) is 0 Å². The van der Waals surface area contributed by atoms with Gasteiger partial charge in [-0.05, 0) is 48.9 Å². The zero-order valence-electron chi connectivity index (χ0n) is 17.2. The summed E-state index contributed by atoms with van der Waals surface area (Å²) in [5, 5.41) is 10.2. The number of hydrogen-bond donors (Lipinski definition) is 3. The van der Waals surface area contributed by atoms with E-state index in [0.717, 1.165) is 53.1 Å². The van der Waals surface area contributed by atoms with Crippen molar-refractivity contribution in [2.75, 3.05) is 23.7 Å². The van der Waals surface area contributed by atoms with Crippen LogP contribution in [0.2, 0.25) is 10.0 Å². The number of benzene rings is 3. The number of anilines is 2. The average molecular weight is 462 g/mol. The van der Waals surface area contributed by atoms with Gasteiger partial charge in [-0.2, -0.15) is 0 Å². The molecule has 0 amide bonds. The topological polar surface area (TPSA) is 65.6 Å². The summed E-state index contributed by atoms with van der Waals surface area (Å²) in [6, 6.07) is 23.7. The molecular formula is C25H21Cl2N5. The van der Waals surface area contributed by atoms with Gasteiger partial charge in [-0.1, -0.05) is 53.5 Å². The first kappa shape index (κ1) is 20.6. The molecule has 7 heteroatoms. The van der Waals surface area contributed by atoms with Crippen LogP contribution in [0.15, 0.2) is 72.8 Å². The summed E-state index contributed by atoms with van der Waals surface area (Å²) in [6.07, 6.45) is 0.921. The lowest BCUT2D eigenvalue weighted by molar-refractivity contribution is 0.901. The summed E-state index contributed by atoms with van der Waals surface area (Å²) in [6.45, 7) is 1.60. The molecule has 0 unspecified atom stereocenters. The smallest absolute Gasteiger partial charge is 0.163 e. The van der Waals surface area contributed by atoms with Crippen LogP contribution in [0.4, 0.5) is 11.6 Å². The summed E-state index contributed by atoms with van der Waals surface area (Å²) in [7, 11) is 0. The van der Waals surface area contributed by atoms with Gasteiger partial charge in [-0.15, -0.1) is 0 Å². The first-order valence-corrected chi connectivity index (χ1v) is 11.2. The van der Waals surface area contributed by atoms with Crippen LogP contribution in [-0.4, -0.2) is 28.0 Å². The maximum Gasteiger partial charge on any atom is 0.163 e. The second kappa shape index (κ2) is 9.07. The monoisotopic (exact) mass is 461 g/mol. The van der Waals surface area contributed by atoms with E-state index in [9.17, 15) is 0 Å². The van der Waals surface area contributed by atoms with Gasteiger partial charge in [-0.25, -0.2) is 9.97 Å². The molecule has 160 valence electrons. The number of fused-ring (bicyclic) bond motifs is 2. The van der Waals surface area contributed by atoms with Gasteiger partial charge in [-0.3, -0.25) is 0 Å². The number of halogens is 2. The molecule has 3 N–H and O–H groups in total. The van der Waals surface area contributed by atoms with Crippen molar-refractivity contribution >= 4 is 56.6 Å². The third-order valence-electron chi connectivity index (χ3n) is 5.27. The van der Waals surface area contributed by atoms with Gasteiger partial charge in [0.15, 0.2) is 5.82 Å². The van der Waals surface area contributed by atoms with Crippen molar-refractivity contribution in [2.24, 2.45) is 0 Å². The van der Waals surface area contributed by atoms with E-state index in [4.69, 9.17) is 33.2 Å². The van der Waals surface area contributed by atoms with Gasteiger partial charge in [0.25, 0.3) is 0 Å². The van der Waals surface area contributed by atoms with E-state index in [0.29, 0.717) is 15.9 Å². The van der Waals surface area contributed by atoms with E-state index in [1.165, 1.54) is 5.39 Å². The largest absolute Gasteiger partial charge is 0.372 e. The number of nitrogens with zero attached hydrogens (tertiary/aromatic N) is 2. The Morgan fingerprint density at radius 2 is 1.62 bits per heavy atom. The highest BCUT2D eigenvalue weighted by molar-refractivity contribution is 6.36. The number of aromatic nitrogens is 3. The molecular weight excluding hydrogens is 441 g/mol. The number of H-pyrrole nitrogens is 1. The van der Waals surface area contributed by atoms with Crippen LogP contribution in [0.1, 0.15) is 6.42 Å². The fraction of sp³-hybridized carbons (Fsp3) is 0.120. The van der Waals surface area contributed by atoms with Crippen molar-refractivity contribution in [3.8, 4) is 11.4 Å². The van der Waals surface area contributed by atoms with Gasteiger partial charge < -0.3 is 15.6 Å². The Bertz CT molecular complexity index is 1360. The number of para-hydroxylation sites is 2. The van der Waals surface area contributed by atoms with E-state index in [1.54, 1.807) is 12.1 Å². The highest BCUT2D eigenvalue weighted by Crippen LogP contribution is 2.31. The normalized spacial score (nSPS) is 11.2. The predicted molar refractivity (Wildman–Crippen MR) is 135 cm³/mol. The van der Waals surface area contributed by atoms with Gasteiger partial charge in [0.1, 0.15) is 11.6 Å². The third kappa shape index (κ3) is 4.35. The number of rotatable bonds is 7. The molecule has 5 aromatic rings. The summed E-state index contributed by atoms with van der Waals surface area (Å²) < 4.78 is 0. The highest BCUT2D eigenvalue weighted by atomic mass is 35.5. The van der Waals surface area contributed by atoms with Crippen LogP contribution in [0.3, 0.4) is 0 Å². The van der Waals surface area contributed by atoms with Crippen LogP contribution >= 0.6 is 23.2 Å². The Labute approximate surface area is 195 Å². The Morgan fingerprint density at radius 1 is 0.812 bits per heavy atom. The van der Waals surface area contributed by atoms with Crippen LogP contribution in [0.25, 0.3) is 33.2 Å². The molecule has 0 saturated heterocycles. The molecule has 0 spiro atoms. The zero-order valence-corrected chi connectivity index (χ0v) is 18.7. The standard InChI is InChI=1S/C25H21Cl2N5/c26-17-10-11-18(20(27)15-17)25-31-22-9-4-2-7-19(22)24(32-25)29-13-5-12-28-23-14-16-6-1-3-8-21(16)30-23/h1-4,6-11,14-15,28,30H,5,12-13H2,(H,29,31,32). The number of aromatic amines is 1. The number of hydrogen-bond acceptors (Lipinski definition) is 4. The second-order valence-corrected chi connectivity index (χ2v) is 8.36. The molecule has 0 radical (unpaired) electrons. The molecule has 32 heavy (non-hydrogen) atoms. The van der Waals surface area contributed by atoms with E-state index >= 15 is 0 Å². The Kier molecular flexibility index (Phi) is 5.84. The summed E-state index contributed by atoms with van der Waals surface area (Å²) in [5.74, 6) is 2.39. The molecule has 0 atom stereocenters. The molecule has 0 aliphatic rings. The van der Waals surface area contributed by atoms with Crippen molar-refractivity contribution in [1.82, 2.24) is 15.0 Å². The van der Waals surface area contributed by atoms with E-state index < -0.39 is 0 Å². The molecule has 0 aliphatic heterocycles. The van der Waals surface area contributed by atoms with Crippen molar-refractivity contribution in [2.45, 2.75) is 6.42 Å². The second-order valence-electron chi connectivity index (χ2n) is 7.51. The van der Waals surface area contributed by atoms with Gasteiger partial charge in [0.2, 0.25) is 0 Å². The molecule has 2 heterocycles. The van der Waals surface area contributed by atoms with Crippen molar-refractivity contribution in [3.05, 3.63) is 82.8 Å². The predicted octanol–water partition coefficient (Wildman–Crippen LogP) is 7.00. The summed E-state index contributed by atoms with van der Waals surface area (Å²) >= 11 is 12.5. The van der Waals surface area contributed by atoms with Crippen LogP contribution in [0.5, 0.6) is 0 Å². The van der Waals surface area contributed by atoms with Gasteiger partial charge >= 0.3 is 0 Å². The maximum atomic E-state index is 6.40. The van der Waals surface area contributed by atoms with Crippen molar-refractivity contribution in [1.29, 1.82) is 0 Å². The molecule has 0 bridgehead atoms. The Balaban J connectivity index is 1.29. The van der Waals surface area contributed by atoms with Crippen LogP contribution < -0.4 is 10.6 Å². The minimum atomic E-state index is 0.529. The highest BCUT2D eigenvalue weighted by Gasteiger charge is 2.12. The van der Waals surface area contributed by atoms with Crippen molar-refractivity contribution < 1.29 is 0 Å². The molecule has 0 fully saturated rings. The minimum Gasteiger partial charge on any atom is -0.372 e. The lowest BCUT2D eigenvalue weighted by Crippen LogP contribution is -2.11. The van der Waals surface area contributed by atoms with Gasteiger partial charge in [0, 0.05) is 40.0 Å². The zero-order chi connectivity index (χ0) is 21.9. The molecule has 3 aromatic carbocycles. The molecule has 0 saturated carbocycles. The SMILES string of the molecule is Clc1ccc(-c2nc(NCCCNc3cc4ccccc4[nH]3)c3ccccc3n2)c(Cl)c1. The maximum absolute atomic E-state index is 6.40. The Hall–Kier alpha value is -3.28. The average Bonchev–Trinajstić information content (AvgIpc) is 3.21. The molecule has 0 aliphatic carbocycles. The summed E-state index contributed by atoms with van der Waals surface area (Å²) in [5.41, 5.74) is 2.75. The fourth-order valence-electron chi connectivity index (χ4n) is 3.69. The Morgan fingerprint density at radius 3 is 2.50 bits per heavy atom. The number of nitrogens with one attached hydrogen (secondary N) is 3. The third-order valence-corrected chi connectivity index (χ3v) is 5.81. The van der Waals surface area contributed by atoms with E-state index in [2.05, 4.69) is 33.8 Å². The fourth-order valence-corrected chi connectivity index (χ4v) is 4.18. The first-order valence-electron chi connectivity index (χ1n) is 10.4. The minimum absolute atomic E-state index is 0.529.